The standard InChI is InChI=1S/C9H10BrCl/c10-7-2-1-3-8(11)9(7)6-4-5-6/h3,6H,1-2,4-5H2. The summed E-state index contributed by atoms with van der Waals surface area (Å²) in [5.74, 6) is 0.772. The van der Waals surface area contributed by atoms with E-state index < -0.39 is 0 Å². The molecule has 2 rings (SSSR count). The molecule has 1 saturated carbocycles. The van der Waals surface area contributed by atoms with Crippen molar-refractivity contribution in [2.24, 2.45) is 5.92 Å². The molecular formula is C9H10BrCl. The highest BCUT2D eigenvalue weighted by Gasteiger charge is 2.30. The van der Waals surface area contributed by atoms with Gasteiger partial charge in [-0.05, 0) is 37.2 Å². The molecule has 0 aromatic rings. The van der Waals surface area contributed by atoms with Gasteiger partial charge in [0.15, 0.2) is 0 Å². The van der Waals surface area contributed by atoms with Crippen molar-refractivity contribution in [3.63, 3.8) is 0 Å². The molecule has 0 radical (unpaired) electrons. The van der Waals surface area contributed by atoms with Crippen LogP contribution in [0.5, 0.6) is 0 Å². The Morgan fingerprint density at radius 1 is 1.45 bits per heavy atom. The quantitative estimate of drug-likeness (QED) is 0.643. The van der Waals surface area contributed by atoms with Crippen LogP contribution in [0.15, 0.2) is 21.2 Å². The fourth-order valence-corrected chi connectivity index (χ4v) is 2.75. The molecule has 0 atom stereocenters. The van der Waals surface area contributed by atoms with Crippen molar-refractivity contribution in [3.8, 4) is 0 Å². The van der Waals surface area contributed by atoms with E-state index in [4.69, 9.17) is 11.6 Å². The first-order valence-corrected chi connectivity index (χ1v) is 5.20. The summed E-state index contributed by atoms with van der Waals surface area (Å²) >= 11 is 9.68. The van der Waals surface area contributed by atoms with Crippen LogP contribution in [0, 0.1) is 5.92 Å². The Morgan fingerprint density at radius 2 is 2.18 bits per heavy atom. The van der Waals surface area contributed by atoms with Crippen molar-refractivity contribution in [2.45, 2.75) is 25.7 Å². The van der Waals surface area contributed by atoms with Gasteiger partial charge in [-0.2, -0.15) is 0 Å². The summed E-state index contributed by atoms with van der Waals surface area (Å²) in [5.41, 5.74) is 1.39. The molecular weight excluding hydrogens is 223 g/mol. The van der Waals surface area contributed by atoms with Gasteiger partial charge >= 0.3 is 0 Å². The number of allylic oxidation sites excluding steroid dienone is 4. The molecule has 0 heterocycles. The van der Waals surface area contributed by atoms with E-state index in [1.54, 1.807) is 0 Å². The van der Waals surface area contributed by atoms with Gasteiger partial charge in [-0.1, -0.05) is 33.6 Å². The Morgan fingerprint density at radius 3 is 2.73 bits per heavy atom. The maximum Gasteiger partial charge on any atom is 0.0409 e. The molecule has 2 aliphatic rings. The van der Waals surface area contributed by atoms with Crippen LogP contribution >= 0.6 is 27.5 Å². The Bertz CT molecular complexity index is 236. The third-order valence-corrected chi connectivity index (χ3v) is 3.40. The first-order chi connectivity index (χ1) is 5.29. The lowest BCUT2D eigenvalue weighted by Crippen LogP contribution is -1.95. The Hall–Kier alpha value is 0.250. The van der Waals surface area contributed by atoms with Crippen molar-refractivity contribution in [1.82, 2.24) is 0 Å². The summed E-state index contributed by atoms with van der Waals surface area (Å²) in [6, 6.07) is 0. The van der Waals surface area contributed by atoms with Crippen molar-refractivity contribution in [3.05, 3.63) is 21.2 Å². The molecule has 0 saturated heterocycles. The molecule has 0 unspecified atom stereocenters. The molecule has 60 valence electrons. The smallest absolute Gasteiger partial charge is 0.0409 e. The largest absolute Gasteiger partial charge is 0.0844 e. The summed E-state index contributed by atoms with van der Waals surface area (Å²) in [6.07, 6.45) is 7.03. The average molecular weight is 234 g/mol. The van der Waals surface area contributed by atoms with Crippen LogP contribution in [0.25, 0.3) is 0 Å². The zero-order valence-corrected chi connectivity index (χ0v) is 8.58. The van der Waals surface area contributed by atoms with E-state index in [9.17, 15) is 0 Å². The van der Waals surface area contributed by atoms with Crippen LogP contribution in [0.2, 0.25) is 0 Å². The molecule has 2 heteroatoms. The predicted molar refractivity (Wildman–Crippen MR) is 51.8 cm³/mol. The van der Waals surface area contributed by atoms with Crippen LogP contribution in [-0.2, 0) is 0 Å². The van der Waals surface area contributed by atoms with Crippen LogP contribution in [0.4, 0.5) is 0 Å². The SMILES string of the molecule is ClC1=CCCC(Br)=C1C1CC1. The highest BCUT2D eigenvalue weighted by atomic mass is 79.9. The molecule has 1 fully saturated rings. The van der Waals surface area contributed by atoms with Gasteiger partial charge in [0.05, 0.1) is 0 Å². The lowest BCUT2D eigenvalue weighted by Gasteiger charge is -2.13. The fourth-order valence-electron chi connectivity index (χ4n) is 1.49. The van der Waals surface area contributed by atoms with Gasteiger partial charge in [0.1, 0.15) is 0 Å². The van der Waals surface area contributed by atoms with E-state index >= 15 is 0 Å². The second kappa shape index (κ2) is 2.95. The van der Waals surface area contributed by atoms with Crippen molar-refractivity contribution >= 4 is 27.5 Å². The van der Waals surface area contributed by atoms with Gasteiger partial charge in [-0.3, -0.25) is 0 Å². The number of hydrogen-bond donors (Lipinski definition) is 0. The predicted octanol–water partition coefficient (Wildman–Crippen LogP) is 3.96. The van der Waals surface area contributed by atoms with Crippen molar-refractivity contribution < 1.29 is 0 Å². The molecule has 0 spiro atoms. The van der Waals surface area contributed by atoms with Crippen molar-refractivity contribution in [2.75, 3.05) is 0 Å². The average Bonchev–Trinajstić information content (AvgIpc) is 2.70. The van der Waals surface area contributed by atoms with Crippen LogP contribution in [0.1, 0.15) is 25.7 Å². The minimum Gasteiger partial charge on any atom is -0.0844 e. The zero-order valence-electron chi connectivity index (χ0n) is 6.24. The third-order valence-electron chi connectivity index (χ3n) is 2.22. The monoisotopic (exact) mass is 232 g/mol. The molecule has 0 N–H and O–H groups in total. The van der Waals surface area contributed by atoms with E-state index in [0.717, 1.165) is 23.8 Å². The van der Waals surface area contributed by atoms with Crippen molar-refractivity contribution in [1.29, 1.82) is 0 Å². The maximum absolute atomic E-state index is 6.09. The molecule has 2 aliphatic carbocycles. The summed E-state index contributed by atoms with van der Waals surface area (Å²) < 4.78 is 1.34. The highest BCUT2D eigenvalue weighted by Crippen LogP contribution is 2.46. The first kappa shape index (κ1) is 7.88. The lowest BCUT2D eigenvalue weighted by atomic mass is 10.0. The van der Waals surface area contributed by atoms with Crippen LogP contribution in [0.3, 0.4) is 0 Å². The lowest BCUT2D eigenvalue weighted by molar-refractivity contribution is 0.931. The summed E-state index contributed by atoms with van der Waals surface area (Å²) in [5, 5.41) is 0.991. The summed E-state index contributed by atoms with van der Waals surface area (Å²) in [7, 11) is 0. The molecule has 0 aromatic carbocycles. The van der Waals surface area contributed by atoms with Gasteiger partial charge in [0, 0.05) is 9.51 Å². The van der Waals surface area contributed by atoms with E-state index in [1.165, 1.54) is 22.9 Å². The third kappa shape index (κ3) is 1.54. The van der Waals surface area contributed by atoms with Gasteiger partial charge in [0.25, 0.3) is 0 Å². The summed E-state index contributed by atoms with van der Waals surface area (Å²) in [4.78, 5) is 0. The van der Waals surface area contributed by atoms with E-state index in [0.29, 0.717) is 0 Å². The second-order valence-corrected chi connectivity index (χ2v) is 4.55. The molecule has 11 heavy (non-hydrogen) atoms. The number of hydrogen-bond acceptors (Lipinski definition) is 0. The van der Waals surface area contributed by atoms with Gasteiger partial charge in [-0.25, -0.2) is 0 Å². The molecule has 0 amide bonds. The van der Waals surface area contributed by atoms with E-state index in [1.807, 2.05) is 0 Å². The van der Waals surface area contributed by atoms with Crippen LogP contribution in [-0.4, -0.2) is 0 Å². The highest BCUT2D eigenvalue weighted by molar-refractivity contribution is 9.11. The second-order valence-electron chi connectivity index (χ2n) is 3.18. The number of rotatable bonds is 1. The zero-order chi connectivity index (χ0) is 7.84. The molecule has 0 aliphatic heterocycles. The molecule has 0 aromatic heterocycles. The first-order valence-electron chi connectivity index (χ1n) is 4.03. The minimum absolute atomic E-state index is 0.772. The van der Waals surface area contributed by atoms with Gasteiger partial charge < -0.3 is 0 Å². The minimum atomic E-state index is 0.772. The Balaban J connectivity index is 2.29. The topological polar surface area (TPSA) is 0 Å². The molecule has 0 bridgehead atoms. The van der Waals surface area contributed by atoms with Gasteiger partial charge in [-0.15, -0.1) is 0 Å². The van der Waals surface area contributed by atoms with E-state index in [-0.39, 0.29) is 0 Å². The maximum atomic E-state index is 6.09. The Labute approximate surface area is 80.4 Å². The van der Waals surface area contributed by atoms with E-state index in [2.05, 4.69) is 22.0 Å². The van der Waals surface area contributed by atoms with Gasteiger partial charge in [0.2, 0.25) is 0 Å². The Kier molecular flexibility index (Phi) is 2.11. The van der Waals surface area contributed by atoms with Crippen LogP contribution < -0.4 is 0 Å². The normalized spacial score (nSPS) is 25.5. The number of halogens is 2. The fraction of sp³-hybridized carbons (Fsp3) is 0.556. The molecule has 0 nitrogen and oxygen atoms in total. The summed E-state index contributed by atoms with van der Waals surface area (Å²) in [6.45, 7) is 0.